The van der Waals surface area contributed by atoms with E-state index in [9.17, 15) is 0 Å². The van der Waals surface area contributed by atoms with Crippen LogP contribution in [0.15, 0.2) is 36.5 Å². The van der Waals surface area contributed by atoms with Crippen molar-refractivity contribution in [2.45, 2.75) is 25.8 Å². The van der Waals surface area contributed by atoms with Crippen LogP contribution < -0.4 is 0 Å². The molecule has 6 nitrogen and oxygen atoms in total. The molecular weight excluding hydrogens is 336 g/mol. The molecule has 5 rings (SSSR count). The van der Waals surface area contributed by atoms with Crippen LogP contribution >= 0.6 is 11.6 Å². The van der Waals surface area contributed by atoms with Crippen molar-refractivity contribution >= 4 is 22.6 Å². The van der Waals surface area contributed by atoms with E-state index < -0.39 is 0 Å². The number of benzene rings is 1. The summed E-state index contributed by atoms with van der Waals surface area (Å²) in [5.74, 6) is 1.86. The van der Waals surface area contributed by atoms with Gasteiger partial charge in [0.15, 0.2) is 11.5 Å². The molecule has 0 saturated heterocycles. The topological polar surface area (TPSA) is 72.3 Å². The monoisotopic (exact) mass is 350 g/mol. The third-order valence-electron chi connectivity index (χ3n) is 4.83. The highest BCUT2D eigenvalue weighted by molar-refractivity contribution is 6.30. The first-order valence-corrected chi connectivity index (χ1v) is 8.59. The lowest BCUT2D eigenvalue weighted by Crippen LogP contribution is -2.07. The maximum Gasteiger partial charge on any atom is 0.181 e. The molecule has 4 aromatic rings. The summed E-state index contributed by atoms with van der Waals surface area (Å²) in [5.41, 5.74) is 3.89. The first-order chi connectivity index (χ1) is 12.2. The molecule has 0 aliphatic carbocycles. The molecule has 124 valence electrons. The Bertz CT molecular complexity index is 1080. The summed E-state index contributed by atoms with van der Waals surface area (Å²) in [6, 6.07) is 10.3. The van der Waals surface area contributed by atoms with Gasteiger partial charge in [-0.3, -0.25) is 5.10 Å². The van der Waals surface area contributed by atoms with Gasteiger partial charge in [0.25, 0.3) is 0 Å². The second-order valence-electron chi connectivity index (χ2n) is 6.36. The zero-order valence-corrected chi connectivity index (χ0v) is 14.3. The third-order valence-corrected chi connectivity index (χ3v) is 5.08. The van der Waals surface area contributed by atoms with E-state index in [1.54, 1.807) is 0 Å². The van der Waals surface area contributed by atoms with Gasteiger partial charge < -0.3 is 4.57 Å². The van der Waals surface area contributed by atoms with E-state index >= 15 is 0 Å². The molecule has 1 atom stereocenters. The summed E-state index contributed by atoms with van der Waals surface area (Å²) in [5, 5.41) is 17.8. The first-order valence-electron chi connectivity index (χ1n) is 8.21. The molecule has 0 amide bonds. The van der Waals surface area contributed by atoms with E-state index in [-0.39, 0.29) is 6.04 Å². The summed E-state index contributed by atoms with van der Waals surface area (Å²) in [6.45, 7) is 1.99. The lowest BCUT2D eigenvalue weighted by Gasteiger charge is -2.16. The summed E-state index contributed by atoms with van der Waals surface area (Å²) >= 11 is 6.04. The smallest absolute Gasteiger partial charge is 0.181 e. The number of nitrogens with zero attached hydrogens (tertiary/aromatic N) is 5. The van der Waals surface area contributed by atoms with Gasteiger partial charge in [0, 0.05) is 34.3 Å². The Labute approximate surface area is 148 Å². The van der Waals surface area contributed by atoms with E-state index in [1.165, 1.54) is 5.56 Å². The van der Waals surface area contributed by atoms with Gasteiger partial charge in [-0.25, -0.2) is 4.98 Å². The van der Waals surface area contributed by atoms with Crippen molar-refractivity contribution in [3.63, 3.8) is 0 Å². The van der Waals surface area contributed by atoms with Gasteiger partial charge in [-0.2, -0.15) is 5.10 Å². The van der Waals surface area contributed by atoms with Crippen LogP contribution in [0.1, 0.15) is 29.5 Å². The molecule has 1 aliphatic heterocycles. The van der Waals surface area contributed by atoms with E-state index in [1.807, 2.05) is 25.3 Å². The highest BCUT2D eigenvalue weighted by Gasteiger charge is 2.29. The lowest BCUT2D eigenvalue weighted by molar-refractivity contribution is 0.622. The Morgan fingerprint density at radius 1 is 1.20 bits per heavy atom. The minimum absolute atomic E-state index is 0.221. The van der Waals surface area contributed by atoms with Crippen LogP contribution in [0.4, 0.5) is 0 Å². The Kier molecular flexibility index (Phi) is 3.15. The molecule has 1 aliphatic rings. The number of aromatic amines is 1. The van der Waals surface area contributed by atoms with Crippen LogP contribution in [-0.4, -0.2) is 29.9 Å². The molecule has 1 aromatic carbocycles. The average Bonchev–Trinajstić information content (AvgIpc) is 3.31. The number of hydrogen-bond acceptors (Lipinski definition) is 4. The van der Waals surface area contributed by atoms with Crippen molar-refractivity contribution < 1.29 is 0 Å². The molecule has 0 unspecified atom stereocenters. The largest absolute Gasteiger partial charge is 0.303 e. The molecule has 1 N–H and O–H groups in total. The maximum atomic E-state index is 6.04. The normalized spacial score (nSPS) is 16.5. The number of nitrogens with one attached hydrogen (secondary N) is 1. The molecular formula is C18H15ClN6. The number of fused-ring (bicyclic) bond motifs is 2. The molecule has 0 spiro atoms. The number of halogens is 1. The number of pyridine rings is 1. The van der Waals surface area contributed by atoms with E-state index in [0.717, 1.165) is 51.8 Å². The van der Waals surface area contributed by atoms with Crippen molar-refractivity contribution in [3.05, 3.63) is 58.6 Å². The van der Waals surface area contributed by atoms with E-state index in [4.69, 9.17) is 11.6 Å². The molecule has 0 fully saturated rings. The van der Waals surface area contributed by atoms with Gasteiger partial charge in [0.05, 0.1) is 6.04 Å². The van der Waals surface area contributed by atoms with Crippen LogP contribution in [0.5, 0.6) is 0 Å². The standard InChI is InChI=1S/C18H15ClN6/c1-10-14-8-12(9-20-17(14)23-21-10)18-24-22-16-7-6-15(25(16)18)11-2-4-13(19)5-3-11/h2-5,8-9,15H,6-7H2,1H3,(H,20,21,23)/t15-/m0/s1. The van der Waals surface area contributed by atoms with Crippen LogP contribution in [0.3, 0.4) is 0 Å². The van der Waals surface area contributed by atoms with Gasteiger partial charge in [-0.1, -0.05) is 23.7 Å². The highest BCUT2D eigenvalue weighted by atomic mass is 35.5. The quantitative estimate of drug-likeness (QED) is 0.598. The molecule has 0 bridgehead atoms. The van der Waals surface area contributed by atoms with Gasteiger partial charge in [0.1, 0.15) is 5.82 Å². The van der Waals surface area contributed by atoms with Crippen LogP contribution in [0, 0.1) is 6.92 Å². The zero-order valence-electron chi connectivity index (χ0n) is 13.6. The van der Waals surface area contributed by atoms with Crippen molar-refractivity contribution in [2.75, 3.05) is 0 Å². The first kappa shape index (κ1) is 14.6. The number of aromatic nitrogens is 6. The second-order valence-corrected chi connectivity index (χ2v) is 6.80. The summed E-state index contributed by atoms with van der Waals surface area (Å²) in [4.78, 5) is 4.45. The van der Waals surface area contributed by atoms with Crippen LogP contribution in [0.2, 0.25) is 5.02 Å². The SMILES string of the molecule is Cc1[nH]nc2ncc(-c3nnc4n3[C@H](c3ccc(Cl)cc3)CC4)cc12. The predicted octanol–water partition coefficient (Wildman–Crippen LogP) is 3.71. The minimum Gasteiger partial charge on any atom is -0.303 e. The highest BCUT2D eigenvalue weighted by Crippen LogP contribution is 2.36. The number of aryl methyl sites for hydroxylation is 2. The Balaban J connectivity index is 1.64. The molecule has 7 heteroatoms. The Morgan fingerprint density at radius 3 is 2.88 bits per heavy atom. The maximum absolute atomic E-state index is 6.04. The summed E-state index contributed by atoms with van der Waals surface area (Å²) in [7, 11) is 0. The van der Waals surface area contributed by atoms with Crippen molar-refractivity contribution in [2.24, 2.45) is 0 Å². The van der Waals surface area contributed by atoms with Crippen LogP contribution in [0.25, 0.3) is 22.4 Å². The number of H-pyrrole nitrogens is 1. The fourth-order valence-electron chi connectivity index (χ4n) is 3.56. The zero-order chi connectivity index (χ0) is 17.0. The molecule has 0 saturated carbocycles. The molecule has 3 aromatic heterocycles. The van der Waals surface area contributed by atoms with Gasteiger partial charge >= 0.3 is 0 Å². The fourth-order valence-corrected chi connectivity index (χ4v) is 3.68. The third kappa shape index (κ3) is 2.25. The van der Waals surface area contributed by atoms with Gasteiger partial charge in [-0.05, 0) is 37.1 Å². The fraction of sp³-hybridized carbons (Fsp3) is 0.222. The van der Waals surface area contributed by atoms with Crippen LogP contribution in [-0.2, 0) is 6.42 Å². The Hall–Kier alpha value is -2.73. The molecule has 25 heavy (non-hydrogen) atoms. The van der Waals surface area contributed by atoms with E-state index in [2.05, 4.69) is 48.1 Å². The van der Waals surface area contributed by atoms with Gasteiger partial charge in [-0.15, -0.1) is 10.2 Å². The summed E-state index contributed by atoms with van der Waals surface area (Å²) < 4.78 is 2.22. The predicted molar refractivity (Wildman–Crippen MR) is 95.6 cm³/mol. The number of hydrogen-bond donors (Lipinski definition) is 1. The molecule has 4 heterocycles. The van der Waals surface area contributed by atoms with Gasteiger partial charge in [0.2, 0.25) is 0 Å². The second kappa shape index (κ2) is 5.39. The summed E-state index contributed by atoms with van der Waals surface area (Å²) in [6.07, 6.45) is 3.75. The van der Waals surface area contributed by atoms with Crippen molar-refractivity contribution in [3.8, 4) is 11.4 Å². The lowest BCUT2D eigenvalue weighted by atomic mass is 10.0. The minimum atomic E-state index is 0.221. The molecule has 0 radical (unpaired) electrons. The Morgan fingerprint density at radius 2 is 2.04 bits per heavy atom. The van der Waals surface area contributed by atoms with Crippen molar-refractivity contribution in [1.82, 2.24) is 29.9 Å². The average molecular weight is 351 g/mol. The van der Waals surface area contributed by atoms with Crippen molar-refractivity contribution in [1.29, 1.82) is 0 Å². The van der Waals surface area contributed by atoms with E-state index in [0.29, 0.717) is 0 Å². The number of rotatable bonds is 2.